The van der Waals surface area contributed by atoms with Gasteiger partial charge in [-0.25, -0.2) is 9.48 Å². The van der Waals surface area contributed by atoms with E-state index in [-0.39, 0.29) is 12.2 Å². The highest BCUT2D eigenvalue weighted by molar-refractivity contribution is 5.84. The van der Waals surface area contributed by atoms with Crippen LogP contribution in [0.3, 0.4) is 0 Å². The molecule has 82 valence electrons. The maximum atomic E-state index is 11.4. The van der Waals surface area contributed by atoms with E-state index in [4.69, 9.17) is 9.63 Å². The quantitative estimate of drug-likeness (QED) is 0.781. The Balaban J connectivity index is 2.36. The van der Waals surface area contributed by atoms with Crippen LogP contribution < -0.4 is 5.56 Å². The van der Waals surface area contributed by atoms with Crippen molar-refractivity contribution in [2.24, 2.45) is 0 Å². The topological polar surface area (TPSA) is 98.2 Å². The van der Waals surface area contributed by atoms with Crippen LogP contribution in [0.15, 0.2) is 33.7 Å². The fraction of sp³-hybridized carbons (Fsp3) is 0.111. The fourth-order valence-corrected chi connectivity index (χ4v) is 1.15. The molecular formula is C9H7N3O4. The molecule has 0 saturated carbocycles. The van der Waals surface area contributed by atoms with Crippen LogP contribution in [0.2, 0.25) is 0 Å². The number of nitrogens with zero attached hydrogens (tertiary/aromatic N) is 3. The molecule has 0 aliphatic heterocycles. The Bertz CT molecular complexity index is 558. The number of hydrogen-bond donors (Lipinski definition) is 1. The van der Waals surface area contributed by atoms with E-state index in [1.807, 2.05) is 0 Å². The lowest BCUT2D eigenvalue weighted by Gasteiger charge is -2.01. The van der Waals surface area contributed by atoms with E-state index in [9.17, 15) is 9.59 Å². The fourth-order valence-electron chi connectivity index (χ4n) is 1.15. The van der Waals surface area contributed by atoms with Gasteiger partial charge in [0, 0.05) is 12.1 Å². The second-order valence-corrected chi connectivity index (χ2v) is 3.00. The first-order valence-electron chi connectivity index (χ1n) is 4.38. The maximum absolute atomic E-state index is 11.4. The minimum absolute atomic E-state index is 0.0555. The molecule has 0 atom stereocenters. The number of hydrogen-bond acceptors (Lipinski definition) is 5. The smallest absolute Gasteiger partial charge is 0.356 e. The minimum Gasteiger partial charge on any atom is -0.476 e. The number of carboxylic acid groups (broad SMARTS) is 1. The number of aromatic carboxylic acids is 1. The van der Waals surface area contributed by atoms with Gasteiger partial charge in [0.15, 0.2) is 11.5 Å². The van der Waals surface area contributed by atoms with Gasteiger partial charge in [-0.05, 0) is 6.07 Å². The Labute approximate surface area is 88.9 Å². The molecule has 16 heavy (non-hydrogen) atoms. The van der Waals surface area contributed by atoms with Crippen LogP contribution in [-0.2, 0) is 6.54 Å². The Hall–Kier alpha value is -2.44. The lowest BCUT2D eigenvalue weighted by Crippen LogP contribution is -2.24. The molecule has 7 heteroatoms. The molecule has 1 N–H and O–H groups in total. The van der Waals surface area contributed by atoms with Crippen LogP contribution in [0.4, 0.5) is 0 Å². The van der Waals surface area contributed by atoms with E-state index in [0.717, 1.165) is 16.8 Å². The van der Waals surface area contributed by atoms with Crippen LogP contribution in [-0.4, -0.2) is 26.0 Å². The summed E-state index contributed by atoms with van der Waals surface area (Å²) in [5.41, 5.74) is -0.597. The van der Waals surface area contributed by atoms with Crippen molar-refractivity contribution in [3.8, 4) is 0 Å². The average Bonchev–Trinajstić information content (AvgIpc) is 2.73. The van der Waals surface area contributed by atoms with Gasteiger partial charge in [-0.1, -0.05) is 5.16 Å². The van der Waals surface area contributed by atoms with Crippen molar-refractivity contribution in [2.75, 3.05) is 0 Å². The third-order valence-corrected chi connectivity index (χ3v) is 1.88. The Morgan fingerprint density at radius 3 is 2.88 bits per heavy atom. The van der Waals surface area contributed by atoms with E-state index >= 15 is 0 Å². The summed E-state index contributed by atoms with van der Waals surface area (Å²) in [5.74, 6) is -0.761. The summed E-state index contributed by atoms with van der Waals surface area (Å²) < 4.78 is 5.80. The van der Waals surface area contributed by atoms with Crippen molar-refractivity contribution in [3.05, 3.63) is 46.2 Å². The van der Waals surface area contributed by atoms with Gasteiger partial charge in [0.25, 0.3) is 5.56 Å². The third-order valence-electron chi connectivity index (χ3n) is 1.88. The minimum atomic E-state index is -1.19. The van der Waals surface area contributed by atoms with E-state index in [1.54, 1.807) is 6.07 Å². The molecule has 0 aromatic carbocycles. The van der Waals surface area contributed by atoms with Gasteiger partial charge in [0.05, 0.1) is 6.20 Å². The van der Waals surface area contributed by atoms with Crippen LogP contribution in [0.1, 0.15) is 16.2 Å². The molecule has 0 aliphatic carbocycles. The summed E-state index contributed by atoms with van der Waals surface area (Å²) in [6.45, 7) is 0.0555. The van der Waals surface area contributed by atoms with E-state index < -0.39 is 11.5 Å². The lowest BCUT2D eigenvalue weighted by molar-refractivity contribution is 0.0687. The molecular weight excluding hydrogens is 214 g/mol. The number of carboxylic acids is 1. The van der Waals surface area contributed by atoms with Gasteiger partial charge in [-0.2, -0.15) is 5.10 Å². The molecule has 2 rings (SSSR count). The van der Waals surface area contributed by atoms with Crippen molar-refractivity contribution < 1.29 is 14.4 Å². The molecule has 0 bridgehead atoms. The zero-order chi connectivity index (χ0) is 11.5. The predicted octanol–water partition coefficient (Wildman–Crippen LogP) is -0.0222. The summed E-state index contributed by atoms with van der Waals surface area (Å²) in [5, 5.41) is 15.8. The average molecular weight is 221 g/mol. The van der Waals surface area contributed by atoms with Gasteiger partial charge < -0.3 is 9.63 Å². The molecule has 0 amide bonds. The second-order valence-electron chi connectivity index (χ2n) is 3.00. The first kappa shape index (κ1) is 10.1. The van der Waals surface area contributed by atoms with E-state index in [0.29, 0.717) is 5.76 Å². The molecule has 7 nitrogen and oxygen atoms in total. The third kappa shape index (κ3) is 1.97. The lowest BCUT2D eigenvalue weighted by atomic mass is 10.4. The molecule has 0 spiro atoms. The predicted molar refractivity (Wildman–Crippen MR) is 51.1 cm³/mol. The Morgan fingerprint density at radius 1 is 1.44 bits per heavy atom. The van der Waals surface area contributed by atoms with Crippen molar-refractivity contribution in [1.29, 1.82) is 0 Å². The van der Waals surface area contributed by atoms with Crippen LogP contribution in [0, 0.1) is 0 Å². The van der Waals surface area contributed by atoms with Crippen LogP contribution in [0.5, 0.6) is 0 Å². The van der Waals surface area contributed by atoms with Crippen LogP contribution in [0.25, 0.3) is 0 Å². The highest BCUT2D eigenvalue weighted by atomic mass is 16.5. The summed E-state index contributed by atoms with van der Waals surface area (Å²) >= 11 is 0. The van der Waals surface area contributed by atoms with E-state index in [2.05, 4.69) is 10.3 Å². The number of carbonyl (C=O) groups is 1. The molecule has 0 aliphatic rings. The van der Waals surface area contributed by atoms with Crippen molar-refractivity contribution in [2.45, 2.75) is 6.54 Å². The first-order valence-corrected chi connectivity index (χ1v) is 4.38. The number of rotatable bonds is 3. The van der Waals surface area contributed by atoms with Gasteiger partial charge in [0.2, 0.25) is 0 Å². The van der Waals surface area contributed by atoms with Crippen molar-refractivity contribution in [1.82, 2.24) is 14.9 Å². The summed E-state index contributed by atoms with van der Waals surface area (Å²) in [6.07, 6.45) is 1.43. The molecule has 0 fully saturated rings. The molecule has 0 unspecified atom stereocenters. The SMILES string of the molecule is O=C(O)c1ccc(=O)n(Cc2ccno2)n1. The van der Waals surface area contributed by atoms with Gasteiger partial charge in [0.1, 0.15) is 6.54 Å². The van der Waals surface area contributed by atoms with Gasteiger partial charge in [-0.3, -0.25) is 4.79 Å². The van der Waals surface area contributed by atoms with Crippen molar-refractivity contribution in [3.63, 3.8) is 0 Å². The second kappa shape index (κ2) is 3.97. The highest BCUT2D eigenvalue weighted by Crippen LogP contribution is 1.98. The largest absolute Gasteiger partial charge is 0.476 e. The highest BCUT2D eigenvalue weighted by Gasteiger charge is 2.08. The molecule has 0 saturated heterocycles. The Morgan fingerprint density at radius 2 is 2.25 bits per heavy atom. The van der Waals surface area contributed by atoms with Crippen molar-refractivity contribution >= 4 is 5.97 Å². The maximum Gasteiger partial charge on any atom is 0.356 e. The normalized spacial score (nSPS) is 10.2. The summed E-state index contributed by atoms with van der Waals surface area (Å²) in [6, 6.07) is 3.87. The molecule has 0 radical (unpaired) electrons. The molecule has 2 aromatic rings. The first-order chi connectivity index (χ1) is 7.66. The molecule has 2 aromatic heterocycles. The zero-order valence-corrected chi connectivity index (χ0v) is 8.03. The van der Waals surface area contributed by atoms with Gasteiger partial charge >= 0.3 is 5.97 Å². The van der Waals surface area contributed by atoms with E-state index in [1.165, 1.54) is 6.20 Å². The molecule has 2 heterocycles. The zero-order valence-electron chi connectivity index (χ0n) is 8.03. The monoisotopic (exact) mass is 221 g/mol. The van der Waals surface area contributed by atoms with Crippen LogP contribution >= 0.6 is 0 Å². The summed E-state index contributed by atoms with van der Waals surface area (Å²) in [7, 11) is 0. The standard InChI is InChI=1S/C9H7N3O4/c13-8-2-1-7(9(14)15)11-12(8)5-6-3-4-10-16-6/h1-4H,5H2,(H,14,15). The van der Waals surface area contributed by atoms with Gasteiger partial charge in [-0.15, -0.1) is 0 Å². The Kier molecular flexibility index (Phi) is 2.50. The number of aromatic nitrogens is 3. The summed E-state index contributed by atoms with van der Waals surface area (Å²) in [4.78, 5) is 22.0.